The second-order valence-corrected chi connectivity index (χ2v) is 6.51. The number of fused-ring (bicyclic) bond motifs is 1. The molecule has 6 heteroatoms. The minimum absolute atomic E-state index is 0.767. The average Bonchev–Trinajstić information content (AvgIpc) is 3.23. The van der Waals surface area contributed by atoms with Crippen molar-refractivity contribution in [1.82, 2.24) is 19.5 Å². The molecular weight excluding hydrogens is 314 g/mol. The third-order valence-corrected chi connectivity index (χ3v) is 4.51. The van der Waals surface area contributed by atoms with Crippen LogP contribution in [0.25, 0.3) is 17.1 Å². The molecule has 0 saturated heterocycles. The lowest BCUT2D eigenvalue weighted by atomic mass is 10.1. The summed E-state index contributed by atoms with van der Waals surface area (Å²) in [5.41, 5.74) is 4.00. The predicted molar refractivity (Wildman–Crippen MR) is 101 cm³/mol. The monoisotopic (exact) mass is 341 g/mol. The fraction of sp³-hybridized carbons (Fsp3) is 0.474. The quantitative estimate of drug-likeness (QED) is 0.660. The molecule has 0 aromatic carbocycles. The maximum absolute atomic E-state index is 5.52. The first kappa shape index (κ1) is 17.5. The van der Waals surface area contributed by atoms with Crippen molar-refractivity contribution < 1.29 is 4.42 Å². The van der Waals surface area contributed by atoms with E-state index in [2.05, 4.69) is 44.7 Å². The minimum Gasteiger partial charge on any atom is -0.463 e. The molecule has 0 N–H and O–H groups in total. The maximum atomic E-state index is 5.52. The van der Waals surface area contributed by atoms with Gasteiger partial charge in [-0.3, -0.25) is 0 Å². The Morgan fingerprint density at radius 3 is 2.60 bits per heavy atom. The fourth-order valence-corrected chi connectivity index (χ4v) is 3.15. The van der Waals surface area contributed by atoms with Gasteiger partial charge in [-0.2, -0.15) is 9.61 Å². The summed E-state index contributed by atoms with van der Waals surface area (Å²) in [5, 5.41) is 4.81. The molecule has 0 bridgehead atoms. The Labute approximate surface area is 149 Å². The van der Waals surface area contributed by atoms with Crippen LogP contribution in [0.3, 0.4) is 0 Å². The van der Waals surface area contributed by atoms with Gasteiger partial charge in [0.2, 0.25) is 0 Å². The molecule has 3 rings (SSSR count). The van der Waals surface area contributed by atoms with E-state index in [-0.39, 0.29) is 0 Å². The van der Waals surface area contributed by atoms with E-state index in [0.29, 0.717) is 0 Å². The lowest BCUT2D eigenvalue weighted by Gasteiger charge is -2.27. The molecule has 25 heavy (non-hydrogen) atoms. The van der Waals surface area contributed by atoms with Gasteiger partial charge in [-0.15, -0.1) is 0 Å². The smallest absolute Gasteiger partial charge is 0.158 e. The average molecular weight is 341 g/mol. The molecule has 0 amide bonds. The van der Waals surface area contributed by atoms with Gasteiger partial charge < -0.3 is 14.2 Å². The number of hydrogen-bond acceptors (Lipinski definition) is 5. The molecule has 0 spiro atoms. The van der Waals surface area contributed by atoms with E-state index in [1.54, 1.807) is 6.26 Å². The Morgan fingerprint density at radius 2 is 2.00 bits per heavy atom. The zero-order valence-corrected chi connectivity index (χ0v) is 15.8. The number of hydrogen-bond donors (Lipinski definition) is 0. The van der Waals surface area contributed by atoms with Gasteiger partial charge in [0, 0.05) is 37.0 Å². The summed E-state index contributed by atoms with van der Waals surface area (Å²) in [4.78, 5) is 9.36. The fourth-order valence-electron chi connectivity index (χ4n) is 3.15. The highest BCUT2D eigenvalue weighted by Crippen LogP contribution is 2.28. The van der Waals surface area contributed by atoms with Crippen molar-refractivity contribution in [2.45, 2.75) is 27.2 Å². The Morgan fingerprint density at radius 1 is 1.20 bits per heavy atom. The van der Waals surface area contributed by atoms with Crippen molar-refractivity contribution in [3.05, 3.63) is 35.7 Å². The van der Waals surface area contributed by atoms with Crippen molar-refractivity contribution in [2.24, 2.45) is 0 Å². The molecular formula is C19H27N5O. The maximum Gasteiger partial charge on any atom is 0.158 e. The van der Waals surface area contributed by atoms with E-state index >= 15 is 0 Å². The zero-order chi connectivity index (χ0) is 18.0. The number of rotatable bonds is 7. The van der Waals surface area contributed by atoms with E-state index in [1.165, 1.54) is 5.56 Å². The van der Waals surface area contributed by atoms with Crippen molar-refractivity contribution in [3.8, 4) is 11.5 Å². The lowest BCUT2D eigenvalue weighted by molar-refractivity contribution is 0.413. The van der Waals surface area contributed by atoms with Gasteiger partial charge in [-0.25, -0.2) is 4.98 Å². The molecule has 134 valence electrons. The van der Waals surface area contributed by atoms with Gasteiger partial charge in [-0.05, 0) is 46.5 Å². The highest BCUT2D eigenvalue weighted by atomic mass is 16.3. The van der Waals surface area contributed by atoms with E-state index in [9.17, 15) is 0 Å². The third-order valence-electron chi connectivity index (χ3n) is 4.51. The molecule has 3 aromatic rings. The SMILES string of the molecule is CCc1c(C)nc2cc(-c3ccco3)nn2c1N(CC)CCN(C)C. The van der Waals surface area contributed by atoms with E-state index in [4.69, 9.17) is 14.5 Å². The van der Waals surface area contributed by atoms with Crippen LogP contribution in [0.2, 0.25) is 0 Å². The molecule has 0 aliphatic rings. The molecule has 0 aliphatic heterocycles. The second kappa shape index (κ2) is 7.27. The molecule has 3 aromatic heterocycles. The van der Waals surface area contributed by atoms with Gasteiger partial charge in [0.1, 0.15) is 11.5 Å². The number of nitrogens with zero attached hydrogens (tertiary/aromatic N) is 5. The molecule has 0 fully saturated rings. The van der Waals surface area contributed by atoms with Crippen molar-refractivity contribution in [3.63, 3.8) is 0 Å². The van der Waals surface area contributed by atoms with Crippen LogP contribution in [0.15, 0.2) is 28.9 Å². The molecule has 0 radical (unpaired) electrons. The highest BCUT2D eigenvalue weighted by molar-refractivity contribution is 5.64. The highest BCUT2D eigenvalue weighted by Gasteiger charge is 2.19. The first-order valence-corrected chi connectivity index (χ1v) is 8.88. The number of furan rings is 1. The molecule has 0 atom stereocenters. The predicted octanol–water partition coefficient (Wildman–Crippen LogP) is 3.25. The van der Waals surface area contributed by atoms with Crippen LogP contribution in [0.5, 0.6) is 0 Å². The number of aryl methyl sites for hydroxylation is 1. The standard InChI is InChI=1S/C19H27N5O/c1-6-15-14(3)20-18-13-16(17-9-8-12-25-17)21-24(18)19(15)23(7-2)11-10-22(4)5/h8-9,12-13H,6-7,10-11H2,1-5H3. The molecule has 0 aliphatic carbocycles. The minimum atomic E-state index is 0.767. The third kappa shape index (κ3) is 3.39. The summed E-state index contributed by atoms with van der Waals surface area (Å²) < 4.78 is 7.49. The Hall–Kier alpha value is -2.34. The summed E-state index contributed by atoms with van der Waals surface area (Å²) in [6, 6.07) is 5.80. The van der Waals surface area contributed by atoms with Crippen LogP contribution in [-0.2, 0) is 6.42 Å². The van der Waals surface area contributed by atoms with E-state index in [1.807, 2.05) is 22.7 Å². The van der Waals surface area contributed by atoms with Crippen LogP contribution in [-0.4, -0.2) is 53.2 Å². The normalized spacial score (nSPS) is 11.6. The second-order valence-electron chi connectivity index (χ2n) is 6.51. The molecule has 3 heterocycles. The van der Waals surface area contributed by atoms with Crippen LogP contribution in [0.4, 0.5) is 5.82 Å². The molecule has 0 saturated carbocycles. The van der Waals surface area contributed by atoms with Gasteiger partial charge >= 0.3 is 0 Å². The topological polar surface area (TPSA) is 49.8 Å². The summed E-state index contributed by atoms with van der Waals surface area (Å²) in [6.45, 7) is 9.32. The Balaban J connectivity index is 2.15. The Bertz CT molecular complexity index is 835. The van der Waals surface area contributed by atoms with E-state index < -0.39 is 0 Å². The zero-order valence-electron chi connectivity index (χ0n) is 15.8. The first-order valence-electron chi connectivity index (χ1n) is 8.88. The first-order chi connectivity index (χ1) is 12.0. The Kier molecular flexibility index (Phi) is 5.08. The van der Waals surface area contributed by atoms with Gasteiger partial charge in [0.05, 0.1) is 6.26 Å². The molecule has 0 unspecified atom stereocenters. The van der Waals surface area contributed by atoms with E-state index in [0.717, 1.165) is 54.7 Å². The van der Waals surface area contributed by atoms with Crippen molar-refractivity contribution >= 4 is 11.5 Å². The summed E-state index contributed by atoms with van der Waals surface area (Å²) in [5.74, 6) is 1.91. The summed E-state index contributed by atoms with van der Waals surface area (Å²) >= 11 is 0. The van der Waals surface area contributed by atoms with Gasteiger partial charge in [0.25, 0.3) is 0 Å². The van der Waals surface area contributed by atoms with Gasteiger partial charge in [-0.1, -0.05) is 6.92 Å². The van der Waals surface area contributed by atoms with Crippen LogP contribution in [0.1, 0.15) is 25.1 Å². The summed E-state index contributed by atoms with van der Waals surface area (Å²) in [7, 11) is 4.20. The van der Waals surface area contributed by atoms with Gasteiger partial charge in [0.15, 0.2) is 11.4 Å². The number of likely N-dealkylation sites (N-methyl/N-ethyl adjacent to an activating group) is 2. The van der Waals surface area contributed by atoms with Crippen molar-refractivity contribution in [2.75, 3.05) is 38.6 Å². The summed E-state index contributed by atoms with van der Waals surface area (Å²) in [6.07, 6.45) is 2.60. The largest absolute Gasteiger partial charge is 0.463 e. The van der Waals surface area contributed by atoms with Crippen LogP contribution >= 0.6 is 0 Å². The van der Waals surface area contributed by atoms with Crippen LogP contribution in [0, 0.1) is 6.92 Å². The number of aromatic nitrogens is 3. The lowest BCUT2D eigenvalue weighted by Crippen LogP contribution is -2.34. The number of anilines is 1. The molecule has 6 nitrogen and oxygen atoms in total. The van der Waals surface area contributed by atoms with Crippen molar-refractivity contribution in [1.29, 1.82) is 0 Å². The van der Waals surface area contributed by atoms with Crippen LogP contribution < -0.4 is 4.90 Å².